The van der Waals surface area contributed by atoms with Gasteiger partial charge < -0.3 is 10.5 Å². The van der Waals surface area contributed by atoms with E-state index in [0.717, 1.165) is 27.8 Å². The van der Waals surface area contributed by atoms with Crippen molar-refractivity contribution in [3.05, 3.63) is 64.2 Å². The topological polar surface area (TPSA) is 35.2 Å². The molecule has 2 rings (SSSR count). The van der Waals surface area contributed by atoms with Crippen molar-refractivity contribution in [2.75, 3.05) is 7.11 Å². The molecule has 2 aromatic carbocycles. The normalized spacial score (nSPS) is 10.6. The van der Waals surface area contributed by atoms with Crippen molar-refractivity contribution < 1.29 is 4.74 Å². The van der Waals surface area contributed by atoms with Gasteiger partial charge in [-0.05, 0) is 29.3 Å². The molecule has 0 bridgehead atoms. The SMILES string of the molecule is COc1ccc(CSCc2ccccc2Cl)cc1CN. The minimum absolute atomic E-state index is 0.492. The van der Waals surface area contributed by atoms with Crippen molar-refractivity contribution >= 4 is 23.4 Å². The minimum atomic E-state index is 0.492. The molecule has 0 spiro atoms. The molecule has 0 saturated carbocycles. The summed E-state index contributed by atoms with van der Waals surface area (Å²) < 4.78 is 5.28. The Bertz CT molecular complexity index is 574. The molecule has 0 radical (unpaired) electrons. The van der Waals surface area contributed by atoms with E-state index in [1.165, 1.54) is 11.1 Å². The van der Waals surface area contributed by atoms with Gasteiger partial charge in [-0.1, -0.05) is 35.9 Å². The lowest BCUT2D eigenvalue weighted by Gasteiger charge is -2.09. The van der Waals surface area contributed by atoms with Crippen LogP contribution >= 0.6 is 23.4 Å². The maximum atomic E-state index is 6.15. The lowest BCUT2D eigenvalue weighted by molar-refractivity contribution is 0.409. The Morgan fingerprint density at radius 2 is 1.90 bits per heavy atom. The minimum Gasteiger partial charge on any atom is -0.496 e. The number of hydrogen-bond donors (Lipinski definition) is 1. The van der Waals surface area contributed by atoms with E-state index in [0.29, 0.717) is 6.54 Å². The Balaban J connectivity index is 1.96. The van der Waals surface area contributed by atoms with Crippen LogP contribution in [0.3, 0.4) is 0 Å². The van der Waals surface area contributed by atoms with Crippen molar-refractivity contribution in [1.82, 2.24) is 0 Å². The lowest BCUT2D eigenvalue weighted by atomic mass is 10.1. The van der Waals surface area contributed by atoms with Gasteiger partial charge in [0.05, 0.1) is 7.11 Å². The van der Waals surface area contributed by atoms with Crippen molar-refractivity contribution in [3.8, 4) is 5.75 Å². The Morgan fingerprint density at radius 1 is 1.10 bits per heavy atom. The monoisotopic (exact) mass is 307 g/mol. The largest absolute Gasteiger partial charge is 0.496 e. The van der Waals surface area contributed by atoms with Crippen LogP contribution in [0.4, 0.5) is 0 Å². The number of benzene rings is 2. The Labute approximate surface area is 129 Å². The second-order valence-electron chi connectivity index (χ2n) is 4.43. The third-order valence-electron chi connectivity index (χ3n) is 3.05. The summed E-state index contributed by atoms with van der Waals surface area (Å²) in [4.78, 5) is 0. The maximum absolute atomic E-state index is 6.15. The molecule has 0 aliphatic rings. The molecule has 0 heterocycles. The van der Waals surface area contributed by atoms with Crippen molar-refractivity contribution in [2.45, 2.75) is 18.1 Å². The number of ether oxygens (including phenoxy) is 1. The number of thioether (sulfide) groups is 1. The molecule has 0 atom stereocenters. The molecule has 0 unspecified atom stereocenters. The van der Waals surface area contributed by atoms with E-state index in [1.807, 2.05) is 36.0 Å². The second-order valence-corrected chi connectivity index (χ2v) is 5.83. The highest BCUT2D eigenvalue weighted by Crippen LogP contribution is 2.25. The smallest absolute Gasteiger partial charge is 0.123 e. The second kappa shape index (κ2) is 7.58. The number of methoxy groups -OCH3 is 1. The first kappa shape index (κ1) is 15.2. The van der Waals surface area contributed by atoms with Crippen LogP contribution in [0.2, 0.25) is 5.02 Å². The fourth-order valence-corrected chi connectivity index (χ4v) is 3.25. The summed E-state index contributed by atoms with van der Waals surface area (Å²) in [6, 6.07) is 14.1. The highest BCUT2D eigenvalue weighted by Gasteiger charge is 2.04. The van der Waals surface area contributed by atoms with Gasteiger partial charge in [0.15, 0.2) is 0 Å². The molecule has 0 fully saturated rings. The van der Waals surface area contributed by atoms with Crippen LogP contribution in [0, 0.1) is 0 Å². The van der Waals surface area contributed by atoms with Gasteiger partial charge in [0.25, 0.3) is 0 Å². The molecule has 0 amide bonds. The molecule has 4 heteroatoms. The molecule has 0 saturated heterocycles. The zero-order valence-corrected chi connectivity index (χ0v) is 13.0. The number of rotatable bonds is 6. The van der Waals surface area contributed by atoms with E-state index in [4.69, 9.17) is 22.1 Å². The fourth-order valence-electron chi connectivity index (χ4n) is 1.98. The maximum Gasteiger partial charge on any atom is 0.123 e. The summed E-state index contributed by atoms with van der Waals surface area (Å²) >= 11 is 7.99. The van der Waals surface area contributed by atoms with Crippen LogP contribution in [0.15, 0.2) is 42.5 Å². The summed E-state index contributed by atoms with van der Waals surface area (Å²) in [6.07, 6.45) is 0. The first-order chi connectivity index (χ1) is 9.74. The van der Waals surface area contributed by atoms with Crippen LogP contribution < -0.4 is 10.5 Å². The quantitative estimate of drug-likeness (QED) is 0.867. The summed E-state index contributed by atoms with van der Waals surface area (Å²) in [7, 11) is 1.67. The molecular weight excluding hydrogens is 290 g/mol. The fraction of sp³-hybridized carbons (Fsp3) is 0.250. The van der Waals surface area contributed by atoms with E-state index >= 15 is 0 Å². The highest BCUT2D eigenvalue weighted by molar-refractivity contribution is 7.97. The molecular formula is C16H18ClNOS. The molecule has 20 heavy (non-hydrogen) atoms. The predicted octanol–water partition coefficient (Wildman–Crippen LogP) is 4.24. The van der Waals surface area contributed by atoms with Gasteiger partial charge in [-0.3, -0.25) is 0 Å². The van der Waals surface area contributed by atoms with Gasteiger partial charge in [-0.25, -0.2) is 0 Å². The third kappa shape index (κ3) is 3.92. The summed E-state index contributed by atoms with van der Waals surface area (Å²) in [5, 5.41) is 0.831. The van der Waals surface area contributed by atoms with Crippen LogP contribution in [-0.2, 0) is 18.1 Å². The van der Waals surface area contributed by atoms with E-state index < -0.39 is 0 Å². The summed E-state index contributed by atoms with van der Waals surface area (Å²) in [5.74, 6) is 2.69. The Hall–Kier alpha value is -1.16. The van der Waals surface area contributed by atoms with E-state index in [1.54, 1.807) is 7.11 Å². The average Bonchev–Trinajstić information content (AvgIpc) is 2.49. The molecule has 2 aromatic rings. The third-order valence-corrected chi connectivity index (χ3v) is 4.47. The van der Waals surface area contributed by atoms with Gasteiger partial charge in [-0.2, -0.15) is 11.8 Å². The molecule has 0 aliphatic heterocycles. The number of halogens is 1. The highest BCUT2D eigenvalue weighted by atomic mass is 35.5. The van der Waals surface area contributed by atoms with Crippen LogP contribution in [0.25, 0.3) is 0 Å². The van der Waals surface area contributed by atoms with Gasteiger partial charge in [0.2, 0.25) is 0 Å². The molecule has 2 N–H and O–H groups in total. The van der Waals surface area contributed by atoms with Crippen molar-refractivity contribution in [3.63, 3.8) is 0 Å². The van der Waals surface area contributed by atoms with Gasteiger partial charge in [0.1, 0.15) is 5.75 Å². The zero-order valence-electron chi connectivity index (χ0n) is 11.4. The number of hydrogen-bond acceptors (Lipinski definition) is 3. The van der Waals surface area contributed by atoms with Gasteiger partial charge in [0, 0.05) is 28.6 Å². The van der Waals surface area contributed by atoms with Crippen molar-refractivity contribution in [1.29, 1.82) is 0 Å². The zero-order chi connectivity index (χ0) is 14.4. The van der Waals surface area contributed by atoms with E-state index in [2.05, 4.69) is 18.2 Å². The Morgan fingerprint density at radius 3 is 2.60 bits per heavy atom. The van der Waals surface area contributed by atoms with Crippen molar-refractivity contribution in [2.24, 2.45) is 5.73 Å². The molecule has 106 valence electrons. The van der Waals surface area contributed by atoms with Crippen LogP contribution in [-0.4, -0.2) is 7.11 Å². The van der Waals surface area contributed by atoms with Gasteiger partial charge >= 0.3 is 0 Å². The van der Waals surface area contributed by atoms with E-state index in [-0.39, 0.29) is 0 Å². The van der Waals surface area contributed by atoms with Gasteiger partial charge in [-0.15, -0.1) is 0 Å². The summed E-state index contributed by atoms with van der Waals surface area (Å²) in [5.41, 5.74) is 9.20. The van der Waals surface area contributed by atoms with Crippen LogP contribution in [0.5, 0.6) is 5.75 Å². The Kier molecular flexibility index (Phi) is 5.77. The first-order valence-electron chi connectivity index (χ1n) is 6.41. The lowest BCUT2D eigenvalue weighted by Crippen LogP contribution is -2.00. The molecule has 0 aliphatic carbocycles. The predicted molar refractivity (Wildman–Crippen MR) is 87.3 cm³/mol. The first-order valence-corrected chi connectivity index (χ1v) is 7.95. The molecule has 0 aromatic heterocycles. The van der Waals surface area contributed by atoms with E-state index in [9.17, 15) is 0 Å². The van der Waals surface area contributed by atoms with Crippen LogP contribution in [0.1, 0.15) is 16.7 Å². The molecule has 2 nitrogen and oxygen atoms in total. The average molecular weight is 308 g/mol. The number of nitrogens with two attached hydrogens (primary N) is 1. The standard InChI is InChI=1S/C16H18ClNOS/c1-19-16-7-6-12(8-14(16)9-18)10-20-11-13-4-2-3-5-15(13)17/h2-8H,9-11,18H2,1H3. The summed E-state index contributed by atoms with van der Waals surface area (Å²) in [6.45, 7) is 0.492.